The fourth-order valence-corrected chi connectivity index (χ4v) is 3.25. The van der Waals surface area contributed by atoms with E-state index in [1.54, 1.807) is 0 Å². The maximum Gasteiger partial charge on any atom is 0.0312 e. The Kier molecular flexibility index (Phi) is 5.80. The Morgan fingerprint density at radius 1 is 1.32 bits per heavy atom. The van der Waals surface area contributed by atoms with E-state index in [-0.39, 0.29) is 0 Å². The van der Waals surface area contributed by atoms with Crippen LogP contribution in [0, 0.1) is 5.92 Å². The predicted molar refractivity (Wildman–Crippen MR) is 80.0 cm³/mol. The molecule has 1 N–H and O–H groups in total. The summed E-state index contributed by atoms with van der Waals surface area (Å²) in [6.07, 6.45) is 10.7. The van der Waals surface area contributed by atoms with E-state index in [2.05, 4.69) is 35.4 Å². The monoisotopic (exact) mass is 261 g/mol. The van der Waals surface area contributed by atoms with Crippen molar-refractivity contribution in [3.63, 3.8) is 0 Å². The van der Waals surface area contributed by atoms with Crippen molar-refractivity contribution in [2.75, 3.05) is 20.6 Å². The predicted octanol–water partition coefficient (Wildman–Crippen LogP) is 2.68. The maximum atomic E-state index is 4.19. The van der Waals surface area contributed by atoms with Gasteiger partial charge in [0.1, 0.15) is 0 Å². The van der Waals surface area contributed by atoms with Crippen LogP contribution in [0.2, 0.25) is 0 Å². The number of aromatic nitrogens is 1. The minimum Gasteiger partial charge on any atom is -0.317 e. The molecular weight excluding hydrogens is 234 g/mol. The van der Waals surface area contributed by atoms with E-state index in [1.165, 1.54) is 44.2 Å². The van der Waals surface area contributed by atoms with Crippen LogP contribution >= 0.6 is 0 Å². The molecule has 0 bridgehead atoms. The van der Waals surface area contributed by atoms with Gasteiger partial charge in [-0.25, -0.2) is 0 Å². The first-order chi connectivity index (χ1) is 9.29. The van der Waals surface area contributed by atoms with Crippen molar-refractivity contribution in [2.24, 2.45) is 5.92 Å². The third-order valence-corrected chi connectivity index (χ3v) is 4.25. The third kappa shape index (κ3) is 4.59. The quantitative estimate of drug-likeness (QED) is 0.826. The smallest absolute Gasteiger partial charge is 0.0312 e. The summed E-state index contributed by atoms with van der Waals surface area (Å²) in [5.41, 5.74) is 1.31. The minimum atomic E-state index is 0.693. The molecule has 0 aromatic carbocycles. The van der Waals surface area contributed by atoms with Crippen molar-refractivity contribution >= 4 is 0 Å². The molecule has 1 fully saturated rings. The minimum absolute atomic E-state index is 0.693. The molecule has 1 aliphatic carbocycles. The van der Waals surface area contributed by atoms with Gasteiger partial charge in [0.05, 0.1) is 0 Å². The van der Waals surface area contributed by atoms with Gasteiger partial charge in [0.15, 0.2) is 0 Å². The lowest BCUT2D eigenvalue weighted by Crippen LogP contribution is -2.39. The Morgan fingerprint density at radius 2 is 2.16 bits per heavy atom. The highest BCUT2D eigenvalue weighted by Gasteiger charge is 2.23. The van der Waals surface area contributed by atoms with Crippen LogP contribution < -0.4 is 5.32 Å². The summed E-state index contributed by atoms with van der Waals surface area (Å²) in [7, 11) is 4.34. The van der Waals surface area contributed by atoms with Crippen molar-refractivity contribution in [2.45, 2.75) is 44.7 Å². The van der Waals surface area contributed by atoms with E-state index in [0.29, 0.717) is 6.04 Å². The van der Waals surface area contributed by atoms with Gasteiger partial charge in [-0.15, -0.1) is 0 Å². The number of rotatable bonds is 5. The molecule has 1 heterocycles. The van der Waals surface area contributed by atoms with Gasteiger partial charge in [-0.3, -0.25) is 4.98 Å². The maximum absolute atomic E-state index is 4.19. The summed E-state index contributed by atoms with van der Waals surface area (Å²) >= 11 is 0. The van der Waals surface area contributed by atoms with Gasteiger partial charge >= 0.3 is 0 Å². The second-order valence-electron chi connectivity index (χ2n) is 5.85. The zero-order valence-corrected chi connectivity index (χ0v) is 12.3. The second-order valence-corrected chi connectivity index (χ2v) is 5.85. The van der Waals surface area contributed by atoms with Crippen LogP contribution in [0.25, 0.3) is 0 Å². The van der Waals surface area contributed by atoms with Gasteiger partial charge in [0.25, 0.3) is 0 Å². The summed E-state index contributed by atoms with van der Waals surface area (Å²) in [4.78, 5) is 6.63. The van der Waals surface area contributed by atoms with Crippen LogP contribution in [0.15, 0.2) is 24.5 Å². The molecule has 1 aromatic heterocycles. The lowest BCUT2D eigenvalue weighted by atomic mass is 9.94. The molecule has 3 nitrogen and oxygen atoms in total. The second kappa shape index (κ2) is 7.61. The molecule has 2 atom stereocenters. The van der Waals surface area contributed by atoms with Crippen LogP contribution in [0.3, 0.4) is 0 Å². The van der Waals surface area contributed by atoms with E-state index in [0.717, 1.165) is 12.5 Å². The number of hydrogen-bond acceptors (Lipinski definition) is 3. The Bertz CT molecular complexity index is 352. The van der Waals surface area contributed by atoms with E-state index in [4.69, 9.17) is 0 Å². The molecule has 3 heteroatoms. The van der Waals surface area contributed by atoms with Crippen LogP contribution in [0.4, 0.5) is 0 Å². The summed E-state index contributed by atoms with van der Waals surface area (Å²) < 4.78 is 0. The Labute approximate surface area is 117 Å². The number of hydrogen-bond donors (Lipinski definition) is 1. The molecular formula is C16H27N3. The highest BCUT2D eigenvalue weighted by Crippen LogP contribution is 2.24. The highest BCUT2D eigenvalue weighted by atomic mass is 15.1. The molecule has 2 unspecified atom stereocenters. The summed E-state index contributed by atoms with van der Waals surface area (Å²) in [5.74, 6) is 0.786. The molecule has 0 amide bonds. The van der Waals surface area contributed by atoms with Gasteiger partial charge < -0.3 is 10.2 Å². The first-order valence-electron chi connectivity index (χ1n) is 7.54. The molecule has 0 saturated heterocycles. The standard InChI is InChI=1S/C16H27N3/c1-17-16-9-5-3-4-8-15(16)13-19(2)12-14-7-6-10-18-11-14/h6-7,10-11,15-17H,3-5,8-9,12-13H2,1-2H3. The topological polar surface area (TPSA) is 28.2 Å². The number of nitrogens with zero attached hydrogens (tertiary/aromatic N) is 2. The molecule has 0 spiro atoms. The van der Waals surface area contributed by atoms with E-state index in [1.807, 2.05) is 18.5 Å². The molecule has 2 rings (SSSR count). The zero-order valence-electron chi connectivity index (χ0n) is 12.3. The first kappa shape index (κ1) is 14.5. The SMILES string of the molecule is CNC1CCCCCC1CN(C)Cc1cccnc1. The van der Waals surface area contributed by atoms with Crippen molar-refractivity contribution in [3.05, 3.63) is 30.1 Å². The molecule has 106 valence electrons. The fourth-order valence-electron chi connectivity index (χ4n) is 3.25. The summed E-state index contributed by atoms with van der Waals surface area (Å²) in [6.45, 7) is 2.18. The molecule has 1 aliphatic rings. The third-order valence-electron chi connectivity index (χ3n) is 4.25. The van der Waals surface area contributed by atoms with E-state index < -0.39 is 0 Å². The summed E-state index contributed by atoms with van der Waals surface area (Å²) in [6, 6.07) is 4.87. The van der Waals surface area contributed by atoms with Crippen molar-refractivity contribution < 1.29 is 0 Å². The van der Waals surface area contributed by atoms with Crippen LogP contribution in [0.1, 0.15) is 37.7 Å². The molecule has 1 aromatic rings. The Morgan fingerprint density at radius 3 is 2.89 bits per heavy atom. The van der Waals surface area contributed by atoms with Crippen LogP contribution in [-0.4, -0.2) is 36.6 Å². The van der Waals surface area contributed by atoms with Gasteiger partial charge in [0.2, 0.25) is 0 Å². The molecule has 0 aliphatic heterocycles. The lowest BCUT2D eigenvalue weighted by molar-refractivity contribution is 0.223. The first-order valence-corrected chi connectivity index (χ1v) is 7.54. The number of pyridine rings is 1. The van der Waals surface area contributed by atoms with Crippen molar-refractivity contribution in [3.8, 4) is 0 Å². The van der Waals surface area contributed by atoms with E-state index >= 15 is 0 Å². The largest absolute Gasteiger partial charge is 0.317 e. The van der Waals surface area contributed by atoms with Crippen molar-refractivity contribution in [1.29, 1.82) is 0 Å². The fraction of sp³-hybridized carbons (Fsp3) is 0.688. The molecule has 1 saturated carbocycles. The average molecular weight is 261 g/mol. The Hall–Kier alpha value is -0.930. The van der Waals surface area contributed by atoms with E-state index in [9.17, 15) is 0 Å². The summed E-state index contributed by atoms with van der Waals surface area (Å²) in [5, 5.41) is 3.52. The molecule has 19 heavy (non-hydrogen) atoms. The molecule has 0 radical (unpaired) electrons. The van der Waals surface area contributed by atoms with Gasteiger partial charge in [-0.2, -0.15) is 0 Å². The average Bonchev–Trinajstić information content (AvgIpc) is 2.64. The van der Waals surface area contributed by atoms with Gasteiger partial charge in [-0.1, -0.05) is 25.3 Å². The van der Waals surface area contributed by atoms with Gasteiger partial charge in [-0.05, 0) is 44.5 Å². The van der Waals surface area contributed by atoms with Crippen molar-refractivity contribution in [1.82, 2.24) is 15.2 Å². The van der Waals surface area contributed by atoms with Gasteiger partial charge in [0, 0.05) is 31.5 Å². The van der Waals surface area contributed by atoms with Crippen LogP contribution in [0.5, 0.6) is 0 Å². The Balaban J connectivity index is 1.87. The normalized spacial score (nSPS) is 24.4. The zero-order chi connectivity index (χ0) is 13.5. The van der Waals surface area contributed by atoms with Crippen LogP contribution in [-0.2, 0) is 6.54 Å². The highest BCUT2D eigenvalue weighted by molar-refractivity contribution is 5.07. The lowest BCUT2D eigenvalue weighted by Gasteiger charge is -2.29. The number of nitrogens with one attached hydrogen (secondary N) is 1.